The Morgan fingerprint density at radius 1 is 0.625 bits per heavy atom. The van der Waals surface area contributed by atoms with E-state index < -0.39 is 34.9 Å². The van der Waals surface area contributed by atoms with E-state index in [1.54, 1.807) is 60.7 Å². The van der Waals surface area contributed by atoms with Gasteiger partial charge in [0.25, 0.3) is 11.1 Å². The van der Waals surface area contributed by atoms with Gasteiger partial charge in [0.15, 0.2) is 0 Å². The first-order valence-electron chi connectivity index (χ1n) is 10.8. The molecular formula is C24H16Br2N6O8. The Bertz CT molecular complexity index is 1580. The maximum absolute atomic E-state index is 12.1. The topological polar surface area (TPSA) is 203 Å². The van der Waals surface area contributed by atoms with E-state index in [-0.39, 0.29) is 20.3 Å². The van der Waals surface area contributed by atoms with Crippen molar-refractivity contribution in [3.05, 3.63) is 103 Å². The lowest BCUT2D eigenvalue weighted by Crippen LogP contribution is -2.27. The number of anilines is 2. The van der Waals surface area contributed by atoms with Gasteiger partial charge in [0.2, 0.25) is 0 Å². The molecule has 16 heteroatoms. The molecule has 2 aromatic carbocycles. The molecule has 0 spiro atoms. The largest absolute Gasteiger partial charge is 0.474 e. The SMILES string of the molecule is O=C(O)C(=O)Nc1cnn(-c2ccccc2)c(=O)c1Br.O=C(O)C(=O)Nc1cnn(-c2ccccc2)c(=O)c1Br. The van der Waals surface area contributed by atoms with Crippen molar-refractivity contribution in [3.8, 4) is 11.4 Å². The third-order valence-corrected chi connectivity index (χ3v) is 6.26. The van der Waals surface area contributed by atoms with Gasteiger partial charge in [-0.05, 0) is 56.1 Å². The predicted molar refractivity (Wildman–Crippen MR) is 148 cm³/mol. The van der Waals surface area contributed by atoms with Crippen LogP contribution >= 0.6 is 31.9 Å². The van der Waals surface area contributed by atoms with Crippen LogP contribution < -0.4 is 21.8 Å². The van der Waals surface area contributed by atoms with E-state index in [9.17, 15) is 28.8 Å². The number of nitrogens with zero attached hydrogens (tertiary/aromatic N) is 4. The van der Waals surface area contributed by atoms with Crippen LogP contribution in [0.3, 0.4) is 0 Å². The monoisotopic (exact) mass is 674 g/mol. The minimum Gasteiger partial charge on any atom is -0.474 e. The summed E-state index contributed by atoms with van der Waals surface area (Å²) >= 11 is 6.05. The molecule has 0 fully saturated rings. The Morgan fingerprint density at radius 3 is 1.25 bits per heavy atom. The minimum atomic E-state index is -1.65. The second-order valence-electron chi connectivity index (χ2n) is 7.37. The average Bonchev–Trinajstić information content (AvgIpc) is 2.95. The molecule has 4 aromatic rings. The zero-order chi connectivity index (χ0) is 29.4. The highest BCUT2D eigenvalue weighted by Gasteiger charge is 2.17. The molecule has 40 heavy (non-hydrogen) atoms. The molecule has 4 rings (SSSR count). The first kappa shape index (κ1) is 29.6. The molecule has 0 saturated carbocycles. The molecule has 0 aliphatic heterocycles. The third-order valence-electron chi connectivity index (χ3n) is 4.72. The lowest BCUT2D eigenvalue weighted by molar-refractivity contribution is -0.147. The maximum atomic E-state index is 12.1. The Hall–Kier alpha value is -4.96. The van der Waals surface area contributed by atoms with Gasteiger partial charge in [-0.2, -0.15) is 19.6 Å². The van der Waals surface area contributed by atoms with Crippen LogP contribution in [0.5, 0.6) is 0 Å². The Kier molecular flexibility index (Phi) is 9.77. The number of amides is 2. The Labute approximate surface area is 240 Å². The fourth-order valence-corrected chi connectivity index (χ4v) is 3.64. The van der Waals surface area contributed by atoms with Crippen molar-refractivity contribution in [2.24, 2.45) is 0 Å². The number of hydrogen-bond donors (Lipinski definition) is 4. The van der Waals surface area contributed by atoms with Gasteiger partial charge >= 0.3 is 23.8 Å². The van der Waals surface area contributed by atoms with Gasteiger partial charge in [-0.15, -0.1) is 0 Å². The highest BCUT2D eigenvalue weighted by molar-refractivity contribution is 9.11. The van der Waals surface area contributed by atoms with Crippen molar-refractivity contribution in [1.29, 1.82) is 0 Å². The zero-order valence-corrected chi connectivity index (χ0v) is 23.0. The fourth-order valence-electron chi connectivity index (χ4n) is 2.90. The summed E-state index contributed by atoms with van der Waals surface area (Å²) in [5.74, 6) is -5.79. The fraction of sp³-hybridized carbons (Fsp3) is 0. The van der Waals surface area contributed by atoms with E-state index >= 15 is 0 Å². The van der Waals surface area contributed by atoms with Crippen molar-refractivity contribution in [3.63, 3.8) is 0 Å². The molecule has 0 unspecified atom stereocenters. The van der Waals surface area contributed by atoms with Crippen molar-refractivity contribution < 1.29 is 29.4 Å². The third kappa shape index (κ3) is 7.12. The standard InChI is InChI=1S/2C12H8BrN3O4/c2*13-9-8(15-10(17)12(19)20)6-14-16(11(9)18)7-4-2-1-3-5-7/h2*1-6H,(H,15,17)(H,19,20). The molecule has 2 heterocycles. The van der Waals surface area contributed by atoms with Crippen LogP contribution in [0.4, 0.5) is 11.4 Å². The van der Waals surface area contributed by atoms with E-state index in [2.05, 4.69) is 52.7 Å². The number of para-hydroxylation sites is 2. The van der Waals surface area contributed by atoms with Gasteiger partial charge in [0.05, 0.1) is 35.1 Å². The number of aliphatic carboxylic acids is 2. The highest BCUT2D eigenvalue weighted by Crippen LogP contribution is 2.18. The molecule has 2 amide bonds. The van der Waals surface area contributed by atoms with E-state index in [0.717, 1.165) is 9.36 Å². The first-order chi connectivity index (χ1) is 19.0. The molecule has 0 aliphatic carbocycles. The molecule has 14 nitrogen and oxygen atoms in total. The number of halogens is 2. The average molecular weight is 676 g/mol. The molecule has 4 N–H and O–H groups in total. The molecule has 0 saturated heterocycles. The van der Waals surface area contributed by atoms with Crippen LogP contribution in [0.15, 0.2) is 91.6 Å². The normalized spacial score (nSPS) is 10.1. The predicted octanol–water partition coefficient (Wildman–Crippen LogP) is 2.04. The summed E-state index contributed by atoms with van der Waals surface area (Å²) in [4.78, 5) is 67.2. The van der Waals surface area contributed by atoms with Crippen LogP contribution in [-0.4, -0.2) is 53.5 Å². The van der Waals surface area contributed by atoms with E-state index in [1.165, 1.54) is 12.4 Å². The second-order valence-corrected chi connectivity index (χ2v) is 8.95. The number of aromatic nitrogens is 4. The molecule has 0 aliphatic rings. The molecule has 0 atom stereocenters. The minimum absolute atomic E-state index is 0.00502. The molecule has 2 aromatic heterocycles. The summed E-state index contributed by atoms with van der Waals surface area (Å²) in [6, 6.07) is 17.3. The number of carboxylic acid groups (broad SMARTS) is 2. The van der Waals surface area contributed by atoms with Gasteiger partial charge in [-0.1, -0.05) is 36.4 Å². The van der Waals surface area contributed by atoms with E-state index in [4.69, 9.17) is 10.2 Å². The number of carbonyl (C=O) groups is 4. The van der Waals surface area contributed by atoms with Crippen LogP contribution in [0.1, 0.15) is 0 Å². The van der Waals surface area contributed by atoms with Crippen molar-refractivity contribution in [1.82, 2.24) is 19.6 Å². The summed E-state index contributed by atoms with van der Waals surface area (Å²) in [6.45, 7) is 0. The van der Waals surface area contributed by atoms with Crippen molar-refractivity contribution in [2.75, 3.05) is 10.6 Å². The van der Waals surface area contributed by atoms with Crippen molar-refractivity contribution in [2.45, 2.75) is 0 Å². The summed E-state index contributed by atoms with van der Waals surface area (Å²) < 4.78 is 2.29. The number of rotatable bonds is 4. The van der Waals surface area contributed by atoms with E-state index in [0.29, 0.717) is 11.4 Å². The molecule has 204 valence electrons. The molecule has 0 bridgehead atoms. The van der Waals surface area contributed by atoms with Gasteiger partial charge in [-0.25, -0.2) is 9.59 Å². The number of nitrogens with one attached hydrogen (secondary N) is 2. The van der Waals surface area contributed by atoms with Crippen LogP contribution in [0.25, 0.3) is 11.4 Å². The first-order valence-corrected chi connectivity index (χ1v) is 12.3. The van der Waals surface area contributed by atoms with Crippen LogP contribution in [-0.2, 0) is 19.2 Å². The number of carboxylic acids is 2. The van der Waals surface area contributed by atoms with Crippen LogP contribution in [0, 0.1) is 0 Å². The zero-order valence-electron chi connectivity index (χ0n) is 19.8. The van der Waals surface area contributed by atoms with Gasteiger partial charge in [0.1, 0.15) is 8.95 Å². The van der Waals surface area contributed by atoms with Crippen molar-refractivity contribution >= 4 is 67.0 Å². The number of carbonyl (C=O) groups excluding carboxylic acids is 2. The lowest BCUT2D eigenvalue weighted by Gasteiger charge is -2.08. The summed E-state index contributed by atoms with van der Waals surface area (Å²) in [5.41, 5.74) is 0.0616. The van der Waals surface area contributed by atoms with E-state index in [1.807, 2.05) is 0 Å². The maximum Gasteiger partial charge on any atom is 0.394 e. The lowest BCUT2D eigenvalue weighted by atomic mass is 10.3. The summed E-state index contributed by atoms with van der Waals surface area (Å²) in [6.07, 6.45) is 2.39. The summed E-state index contributed by atoms with van der Waals surface area (Å²) in [5, 5.41) is 28.9. The summed E-state index contributed by atoms with van der Waals surface area (Å²) in [7, 11) is 0. The second kappa shape index (κ2) is 13.2. The van der Waals surface area contributed by atoms with Gasteiger partial charge in [0, 0.05) is 0 Å². The van der Waals surface area contributed by atoms with Gasteiger partial charge < -0.3 is 20.8 Å². The quantitative estimate of drug-likeness (QED) is 0.232. The van der Waals surface area contributed by atoms with Gasteiger partial charge in [-0.3, -0.25) is 19.2 Å². The highest BCUT2D eigenvalue weighted by atomic mass is 79.9. The van der Waals surface area contributed by atoms with Crippen LogP contribution in [0.2, 0.25) is 0 Å². The Morgan fingerprint density at radius 2 is 0.950 bits per heavy atom. The molecule has 0 radical (unpaired) electrons. The number of hydrogen-bond acceptors (Lipinski definition) is 8. The Balaban J connectivity index is 0.000000220. The molecular weight excluding hydrogens is 660 g/mol. The number of benzene rings is 2. The smallest absolute Gasteiger partial charge is 0.394 e.